The van der Waals surface area contributed by atoms with Crippen molar-refractivity contribution in [3.05, 3.63) is 69.7 Å². The van der Waals surface area contributed by atoms with Crippen LogP contribution in [0.5, 0.6) is 0 Å². The van der Waals surface area contributed by atoms with Crippen molar-refractivity contribution in [3.63, 3.8) is 0 Å². The summed E-state index contributed by atoms with van der Waals surface area (Å²) in [5.74, 6) is 0.305. The van der Waals surface area contributed by atoms with Crippen LogP contribution in [0.3, 0.4) is 0 Å². The third-order valence-electron chi connectivity index (χ3n) is 4.16. The van der Waals surface area contributed by atoms with Crippen LogP contribution in [-0.4, -0.2) is 24.8 Å². The first kappa shape index (κ1) is 18.2. The van der Waals surface area contributed by atoms with Gasteiger partial charge in [-0.25, -0.2) is 0 Å². The summed E-state index contributed by atoms with van der Waals surface area (Å²) in [4.78, 5) is 32.2. The van der Waals surface area contributed by atoms with Crippen molar-refractivity contribution >= 4 is 45.7 Å². The van der Waals surface area contributed by atoms with E-state index in [0.29, 0.717) is 26.6 Å². The van der Waals surface area contributed by atoms with Gasteiger partial charge in [-0.05, 0) is 24.4 Å². The molecular formula is C19H15N5O2S2. The monoisotopic (exact) mass is 409 g/mol. The van der Waals surface area contributed by atoms with Crippen LogP contribution < -0.4 is 10.9 Å². The summed E-state index contributed by atoms with van der Waals surface area (Å²) < 4.78 is 5.95. The Morgan fingerprint density at radius 2 is 1.89 bits per heavy atom. The average Bonchev–Trinajstić information content (AvgIpc) is 3.17. The zero-order chi connectivity index (χ0) is 19.5. The number of rotatable bonds is 5. The van der Waals surface area contributed by atoms with Crippen LogP contribution >= 0.6 is 23.8 Å². The van der Waals surface area contributed by atoms with Gasteiger partial charge < -0.3 is 10.3 Å². The lowest BCUT2D eigenvalue weighted by molar-refractivity contribution is -0.116. The summed E-state index contributed by atoms with van der Waals surface area (Å²) in [5.41, 5.74) is 1.35. The molecule has 0 saturated heterocycles. The Balaban J connectivity index is 1.46. The van der Waals surface area contributed by atoms with Crippen LogP contribution in [0.15, 0.2) is 59.4 Å². The second-order valence-electron chi connectivity index (χ2n) is 6.02. The van der Waals surface area contributed by atoms with Gasteiger partial charge in [-0.1, -0.05) is 42.5 Å². The maximum atomic E-state index is 12.6. The van der Waals surface area contributed by atoms with E-state index in [1.54, 1.807) is 18.2 Å². The van der Waals surface area contributed by atoms with Crippen LogP contribution in [0.25, 0.3) is 22.3 Å². The van der Waals surface area contributed by atoms with Crippen molar-refractivity contribution in [2.45, 2.75) is 13.0 Å². The molecule has 7 nitrogen and oxygen atoms in total. The van der Waals surface area contributed by atoms with Gasteiger partial charge in [0.1, 0.15) is 0 Å². The van der Waals surface area contributed by atoms with E-state index in [0.717, 1.165) is 17.1 Å². The van der Waals surface area contributed by atoms with E-state index in [-0.39, 0.29) is 24.4 Å². The predicted octanol–water partition coefficient (Wildman–Crippen LogP) is 3.61. The number of hydrogen-bond acceptors (Lipinski definition) is 6. The van der Waals surface area contributed by atoms with Gasteiger partial charge in [-0.15, -0.1) is 0 Å². The molecule has 2 aromatic heterocycles. The minimum atomic E-state index is -0.259. The first-order chi connectivity index (χ1) is 13.6. The Morgan fingerprint density at radius 1 is 1.14 bits per heavy atom. The lowest BCUT2D eigenvalue weighted by Gasteiger charge is -2.07. The van der Waals surface area contributed by atoms with Crippen LogP contribution in [0.4, 0.5) is 5.13 Å². The number of aromatic nitrogens is 4. The highest BCUT2D eigenvalue weighted by Gasteiger charge is 2.11. The number of carbonyl (C=O) groups is 1. The predicted molar refractivity (Wildman–Crippen MR) is 112 cm³/mol. The molecule has 2 aromatic carbocycles. The Morgan fingerprint density at radius 3 is 2.71 bits per heavy atom. The van der Waals surface area contributed by atoms with Gasteiger partial charge in [-0.2, -0.15) is 9.36 Å². The molecular weight excluding hydrogens is 394 g/mol. The standard InChI is InChI=1S/C19H15N5O2S2/c25-15(21-18-22-16(23-28-18)12-6-2-1-3-7-12)10-11-24-17(26)13-8-4-5-9-14(13)20-19(24)27/h1-9H,10-11H2,(H,20,27)(H,21,22,23,25). The highest BCUT2D eigenvalue weighted by molar-refractivity contribution is 7.71. The zero-order valence-corrected chi connectivity index (χ0v) is 16.2. The molecule has 0 aliphatic heterocycles. The number of carbonyl (C=O) groups excluding carboxylic acids is 1. The van der Waals surface area contributed by atoms with E-state index in [9.17, 15) is 9.59 Å². The molecule has 0 atom stereocenters. The van der Waals surface area contributed by atoms with Gasteiger partial charge in [0.15, 0.2) is 10.6 Å². The molecule has 0 aliphatic rings. The Bertz CT molecular complexity index is 1260. The molecule has 0 aliphatic carbocycles. The maximum absolute atomic E-state index is 12.6. The summed E-state index contributed by atoms with van der Waals surface area (Å²) in [7, 11) is 0. The first-order valence-corrected chi connectivity index (χ1v) is 9.71. The summed E-state index contributed by atoms with van der Waals surface area (Å²) in [6.07, 6.45) is 0.0932. The number of H-pyrrole nitrogens is 1. The van der Waals surface area contributed by atoms with E-state index < -0.39 is 0 Å². The normalized spacial score (nSPS) is 10.9. The van der Waals surface area contributed by atoms with Gasteiger partial charge in [0.25, 0.3) is 5.56 Å². The second-order valence-corrected chi connectivity index (χ2v) is 7.16. The number of para-hydroxylation sites is 1. The van der Waals surface area contributed by atoms with Crippen molar-refractivity contribution in [3.8, 4) is 11.4 Å². The van der Waals surface area contributed by atoms with Gasteiger partial charge in [-0.3, -0.25) is 14.2 Å². The quantitative estimate of drug-likeness (QED) is 0.491. The van der Waals surface area contributed by atoms with Crippen molar-refractivity contribution in [2.24, 2.45) is 0 Å². The van der Waals surface area contributed by atoms with Crippen LogP contribution in [0.1, 0.15) is 6.42 Å². The number of amides is 1. The second kappa shape index (κ2) is 7.83. The minimum Gasteiger partial charge on any atom is -0.332 e. The van der Waals surface area contributed by atoms with E-state index in [1.807, 2.05) is 36.4 Å². The number of aromatic amines is 1. The molecule has 1 amide bonds. The number of anilines is 1. The summed E-state index contributed by atoms with van der Waals surface area (Å²) in [5, 5.41) is 3.68. The number of hydrogen-bond donors (Lipinski definition) is 2. The topological polar surface area (TPSA) is 92.7 Å². The largest absolute Gasteiger partial charge is 0.332 e. The van der Waals surface area contributed by atoms with E-state index in [1.165, 1.54) is 4.57 Å². The minimum absolute atomic E-state index is 0.0932. The van der Waals surface area contributed by atoms with Gasteiger partial charge >= 0.3 is 0 Å². The van der Waals surface area contributed by atoms with Gasteiger partial charge in [0.2, 0.25) is 11.0 Å². The summed E-state index contributed by atoms with van der Waals surface area (Å²) in [6, 6.07) is 16.7. The fraction of sp³-hybridized carbons (Fsp3) is 0.105. The molecule has 4 rings (SSSR count). The third-order valence-corrected chi connectivity index (χ3v) is 5.11. The van der Waals surface area contributed by atoms with Gasteiger partial charge in [0.05, 0.1) is 10.9 Å². The number of nitrogens with one attached hydrogen (secondary N) is 2. The average molecular weight is 409 g/mol. The van der Waals surface area contributed by atoms with Crippen LogP contribution in [-0.2, 0) is 11.3 Å². The van der Waals surface area contributed by atoms with Crippen molar-refractivity contribution < 1.29 is 4.79 Å². The Hall–Kier alpha value is -3.17. The lowest BCUT2D eigenvalue weighted by atomic mass is 10.2. The number of benzene rings is 2. The van der Waals surface area contributed by atoms with Crippen molar-refractivity contribution in [1.82, 2.24) is 18.9 Å². The highest BCUT2D eigenvalue weighted by Crippen LogP contribution is 2.20. The van der Waals surface area contributed by atoms with E-state index in [4.69, 9.17) is 12.2 Å². The lowest BCUT2D eigenvalue weighted by Crippen LogP contribution is -2.25. The highest BCUT2D eigenvalue weighted by atomic mass is 32.1. The maximum Gasteiger partial charge on any atom is 0.262 e. The molecule has 2 heterocycles. The smallest absolute Gasteiger partial charge is 0.262 e. The van der Waals surface area contributed by atoms with Crippen LogP contribution in [0.2, 0.25) is 0 Å². The molecule has 0 fully saturated rings. The van der Waals surface area contributed by atoms with Crippen molar-refractivity contribution in [2.75, 3.05) is 5.32 Å². The fourth-order valence-electron chi connectivity index (χ4n) is 2.78. The Kier molecular flexibility index (Phi) is 5.09. The Labute approximate surface area is 168 Å². The molecule has 28 heavy (non-hydrogen) atoms. The molecule has 0 bridgehead atoms. The molecule has 4 aromatic rings. The first-order valence-electron chi connectivity index (χ1n) is 8.52. The summed E-state index contributed by atoms with van der Waals surface area (Å²) in [6.45, 7) is 0.176. The van der Waals surface area contributed by atoms with Crippen molar-refractivity contribution in [1.29, 1.82) is 0 Å². The van der Waals surface area contributed by atoms with Gasteiger partial charge in [0, 0.05) is 30.1 Å². The van der Waals surface area contributed by atoms with E-state index >= 15 is 0 Å². The van der Waals surface area contributed by atoms with Crippen LogP contribution in [0, 0.1) is 4.77 Å². The number of nitrogens with zero attached hydrogens (tertiary/aromatic N) is 3. The molecule has 2 N–H and O–H groups in total. The SMILES string of the molecule is O=C(CCn1c(=S)[nH]c2ccccc2c1=O)Nc1nc(-c2ccccc2)ns1. The third kappa shape index (κ3) is 3.75. The molecule has 0 radical (unpaired) electrons. The number of fused-ring (bicyclic) bond motifs is 1. The molecule has 0 unspecified atom stereocenters. The fourth-order valence-corrected chi connectivity index (χ4v) is 3.67. The summed E-state index contributed by atoms with van der Waals surface area (Å²) >= 11 is 6.38. The van der Waals surface area contributed by atoms with E-state index in [2.05, 4.69) is 19.7 Å². The zero-order valence-electron chi connectivity index (χ0n) is 14.6. The molecule has 0 spiro atoms. The molecule has 140 valence electrons. The molecule has 9 heteroatoms. The molecule has 0 saturated carbocycles.